The molecule has 1 heterocycles. The maximum absolute atomic E-state index is 12.8. The van der Waals surface area contributed by atoms with E-state index < -0.39 is 15.9 Å². The molecule has 0 fully saturated rings. The van der Waals surface area contributed by atoms with Crippen LogP contribution in [0.1, 0.15) is 10.5 Å². The summed E-state index contributed by atoms with van der Waals surface area (Å²) in [6, 6.07) is 25.6. The number of rotatable bonds is 6. The summed E-state index contributed by atoms with van der Waals surface area (Å²) in [6.45, 7) is 0. The summed E-state index contributed by atoms with van der Waals surface area (Å²) in [4.78, 5) is 12.6. The Morgan fingerprint density at radius 1 is 0.903 bits per heavy atom. The van der Waals surface area contributed by atoms with Crippen LogP contribution in [0.2, 0.25) is 0 Å². The molecule has 0 atom stereocenters. The Balaban J connectivity index is 1.47. The lowest BCUT2D eigenvalue weighted by molar-refractivity contribution is 0.101. The molecule has 8 heteroatoms. The second kappa shape index (κ2) is 8.45. The van der Waals surface area contributed by atoms with Crippen LogP contribution in [0.25, 0.3) is 11.3 Å². The molecule has 0 aliphatic heterocycles. The molecule has 3 aromatic carbocycles. The summed E-state index contributed by atoms with van der Waals surface area (Å²) < 4.78 is 32.1. The molecule has 0 spiro atoms. The summed E-state index contributed by atoms with van der Waals surface area (Å²) in [5.74, 6) is 0.0269. The van der Waals surface area contributed by atoms with Crippen LogP contribution < -0.4 is 9.62 Å². The third-order valence-corrected chi connectivity index (χ3v) is 6.49. The molecule has 0 bridgehead atoms. The number of benzene rings is 3. The highest BCUT2D eigenvalue weighted by Gasteiger charge is 2.21. The number of carbonyl (C=O) groups is 1. The fourth-order valence-corrected chi connectivity index (χ4v) is 4.16. The molecule has 4 rings (SSSR count). The third kappa shape index (κ3) is 4.34. The van der Waals surface area contributed by atoms with Crippen LogP contribution in [0.4, 0.5) is 11.4 Å². The van der Waals surface area contributed by atoms with Gasteiger partial charge in [-0.1, -0.05) is 53.7 Å². The number of hydrogen-bond acceptors (Lipinski definition) is 5. The van der Waals surface area contributed by atoms with E-state index in [0.29, 0.717) is 17.1 Å². The Labute approximate surface area is 180 Å². The quantitative estimate of drug-likeness (QED) is 0.486. The molecule has 156 valence electrons. The van der Waals surface area contributed by atoms with Gasteiger partial charge in [0.05, 0.1) is 10.6 Å². The molecule has 1 amide bonds. The van der Waals surface area contributed by atoms with Gasteiger partial charge in [-0.05, 0) is 36.4 Å². The SMILES string of the molecule is CN(c1ccccc1)S(=O)(=O)c1ccc(NC(=O)c2cc(-c3ccccc3)on2)cc1. The molecular formula is C23H19N3O4S. The number of amides is 1. The summed E-state index contributed by atoms with van der Waals surface area (Å²) in [5, 5.41) is 6.51. The number of para-hydroxylation sites is 1. The molecule has 0 saturated carbocycles. The molecule has 0 aliphatic carbocycles. The van der Waals surface area contributed by atoms with Gasteiger partial charge >= 0.3 is 0 Å². The van der Waals surface area contributed by atoms with Crippen molar-refractivity contribution in [2.45, 2.75) is 4.90 Å². The van der Waals surface area contributed by atoms with E-state index in [1.165, 1.54) is 35.6 Å². The monoisotopic (exact) mass is 433 g/mol. The van der Waals surface area contributed by atoms with Crippen molar-refractivity contribution in [3.05, 3.63) is 96.7 Å². The summed E-state index contributed by atoms with van der Waals surface area (Å²) in [7, 11) is -2.23. The van der Waals surface area contributed by atoms with Crippen LogP contribution in [0, 0.1) is 0 Å². The van der Waals surface area contributed by atoms with E-state index in [-0.39, 0.29) is 10.6 Å². The lowest BCUT2D eigenvalue weighted by Gasteiger charge is -2.19. The average Bonchev–Trinajstić information content (AvgIpc) is 3.31. The predicted molar refractivity (Wildman–Crippen MR) is 118 cm³/mol. The first-order chi connectivity index (χ1) is 14.9. The number of aromatic nitrogens is 1. The van der Waals surface area contributed by atoms with Crippen molar-refractivity contribution in [2.24, 2.45) is 0 Å². The topological polar surface area (TPSA) is 92.5 Å². The van der Waals surface area contributed by atoms with E-state index in [2.05, 4.69) is 10.5 Å². The van der Waals surface area contributed by atoms with Crippen LogP contribution >= 0.6 is 0 Å². The fraction of sp³-hybridized carbons (Fsp3) is 0.0435. The minimum atomic E-state index is -3.72. The largest absolute Gasteiger partial charge is 0.355 e. The first kappa shape index (κ1) is 20.4. The van der Waals surface area contributed by atoms with Crippen molar-refractivity contribution in [3.8, 4) is 11.3 Å². The Morgan fingerprint density at radius 3 is 2.16 bits per heavy atom. The molecular weight excluding hydrogens is 414 g/mol. The number of anilines is 2. The van der Waals surface area contributed by atoms with Gasteiger partial charge < -0.3 is 9.84 Å². The highest BCUT2D eigenvalue weighted by molar-refractivity contribution is 7.92. The zero-order valence-corrected chi connectivity index (χ0v) is 17.4. The van der Waals surface area contributed by atoms with Gasteiger partial charge in [0.2, 0.25) is 0 Å². The number of nitrogens with one attached hydrogen (secondary N) is 1. The van der Waals surface area contributed by atoms with Gasteiger partial charge in [0, 0.05) is 24.4 Å². The number of sulfonamides is 1. The molecule has 1 aromatic heterocycles. The van der Waals surface area contributed by atoms with E-state index >= 15 is 0 Å². The molecule has 0 aliphatic rings. The molecule has 4 aromatic rings. The minimum absolute atomic E-state index is 0.115. The molecule has 0 unspecified atom stereocenters. The van der Waals surface area contributed by atoms with Crippen LogP contribution in [0.15, 0.2) is 100 Å². The van der Waals surface area contributed by atoms with Crippen molar-refractivity contribution < 1.29 is 17.7 Å². The van der Waals surface area contributed by atoms with E-state index in [9.17, 15) is 13.2 Å². The number of hydrogen-bond donors (Lipinski definition) is 1. The lowest BCUT2D eigenvalue weighted by Crippen LogP contribution is -2.26. The predicted octanol–water partition coefficient (Wildman–Crippen LogP) is 4.42. The van der Waals surface area contributed by atoms with Crippen molar-refractivity contribution in [2.75, 3.05) is 16.7 Å². The zero-order valence-electron chi connectivity index (χ0n) is 16.6. The molecule has 7 nitrogen and oxygen atoms in total. The van der Waals surface area contributed by atoms with E-state index in [0.717, 1.165) is 5.56 Å². The van der Waals surface area contributed by atoms with Gasteiger partial charge in [0.25, 0.3) is 15.9 Å². The van der Waals surface area contributed by atoms with Gasteiger partial charge in [-0.15, -0.1) is 0 Å². The van der Waals surface area contributed by atoms with Crippen LogP contribution in [-0.4, -0.2) is 26.5 Å². The van der Waals surface area contributed by atoms with Gasteiger partial charge in [-0.3, -0.25) is 9.10 Å². The van der Waals surface area contributed by atoms with Crippen molar-refractivity contribution in [1.29, 1.82) is 0 Å². The molecule has 1 N–H and O–H groups in total. The van der Waals surface area contributed by atoms with Gasteiger partial charge in [0.1, 0.15) is 0 Å². The second-order valence-electron chi connectivity index (χ2n) is 6.73. The zero-order chi connectivity index (χ0) is 21.8. The normalized spacial score (nSPS) is 11.1. The first-order valence-corrected chi connectivity index (χ1v) is 10.9. The maximum atomic E-state index is 12.8. The summed E-state index contributed by atoms with van der Waals surface area (Å²) in [6.07, 6.45) is 0. The van der Waals surface area contributed by atoms with Gasteiger partial charge in [0.15, 0.2) is 11.5 Å². The molecule has 0 radical (unpaired) electrons. The Hall–Kier alpha value is -3.91. The third-order valence-electron chi connectivity index (χ3n) is 4.69. The molecule has 0 saturated heterocycles. The van der Waals surface area contributed by atoms with Gasteiger partial charge in [-0.25, -0.2) is 8.42 Å². The standard InChI is InChI=1S/C23H19N3O4S/c1-26(19-10-6-3-7-11-19)31(28,29)20-14-12-18(13-15-20)24-23(27)21-16-22(30-25-21)17-8-4-2-5-9-17/h2-16H,1H3,(H,24,27). The van der Waals surface area contributed by atoms with Crippen LogP contribution in [0.5, 0.6) is 0 Å². The van der Waals surface area contributed by atoms with Crippen molar-refractivity contribution >= 4 is 27.3 Å². The minimum Gasteiger partial charge on any atom is -0.355 e. The Kier molecular flexibility index (Phi) is 5.55. The van der Waals surface area contributed by atoms with E-state index in [4.69, 9.17) is 4.52 Å². The fourth-order valence-electron chi connectivity index (χ4n) is 2.96. The first-order valence-electron chi connectivity index (χ1n) is 9.43. The van der Waals surface area contributed by atoms with Crippen molar-refractivity contribution in [3.63, 3.8) is 0 Å². The highest BCUT2D eigenvalue weighted by Crippen LogP contribution is 2.24. The van der Waals surface area contributed by atoms with E-state index in [1.54, 1.807) is 30.3 Å². The number of carbonyl (C=O) groups excluding carboxylic acids is 1. The van der Waals surface area contributed by atoms with Crippen LogP contribution in [-0.2, 0) is 10.0 Å². The summed E-state index contributed by atoms with van der Waals surface area (Å²) >= 11 is 0. The van der Waals surface area contributed by atoms with E-state index in [1.807, 2.05) is 36.4 Å². The highest BCUT2D eigenvalue weighted by atomic mass is 32.2. The average molecular weight is 433 g/mol. The Bertz CT molecular complexity index is 1290. The summed E-state index contributed by atoms with van der Waals surface area (Å²) in [5.41, 5.74) is 1.93. The maximum Gasteiger partial charge on any atom is 0.277 e. The van der Waals surface area contributed by atoms with Gasteiger partial charge in [-0.2, -0.15) is 0 Å². The van der Waals surface area contributed by atoms with Crippen molar-refractivity contribution in [1.82, 2.24) is 5.16 Å². The smallest absolute Gasteiger partial charge is 0.277 e. The van der Waals surface area contributed by atoms with Crippen LogP contribution in [0.3, 0.4) is 0 Å². The Morgan fingerprint density at radius 2 is 1.52 bits per heavy atom. The second-order valence-corrected chi connectivity index (χ2v) is 8.70. The molecule has 31 heavy (non-hydrogen) atoms. The lowest BCUT2D eigenvalue weighted by atomic mass is 10.1. The number of nitrogens with zero attached hydrogens (tertiary/aromatic N) is 2.